The highest BCUT2D eigenvalue weighted by Crippen LogP contribution is 2.43. The van der Waals surface area contributed by atoms with Gasteiger partial charge in [0.2, 0.25) is 0 Å². The number of aromatic hydroxyl groups is 2. The number of hydrogen-bond acceptors (Lipinski definition) is 2. The molecule has 0 unspecified atom stereocenters. The quantitative estimate of drug-likeness (QED) is 0.796. The zero-order chi connectivity index (χ0) is 11.7. The summed E-state index contributed by atoms with van der Waals surface area (Å²) in [4.78, 5) is 0. The van der Waals surface area contributed by atoms with Crippen LogP contribution in [0.1, 0.15) is 50.7 Å². The number of benzene rings is 1. The molecule has 0 aromatic heterocycles. The van der Waals surface area contributed by atoms with Gasteiger partial charge in [-0.15, -0.1) is 0 Å². The van der Waals surface area contributed by atoms with Gasteiger partial charge in [0.05, 0.1) is 4.47 Å². The second kappa shape index (κ2) is 4.44. The number of phenols is 2. The Hall–Kier alpha value is -0.700. The van der Waals surface area contributed by atoms with Crippen molar-refractivity contribution in [3.8, 4) is 11.5 Å². The van der Waals surface area contributed by atoms with E-state index in [1.807, 2.05) is 27.7 Å². The minimum absolute atomic E-state index is 0.170. The first-order valence-corrected chi connectivity index (χ1v) is 5.89. The first-order valence-electron chi connectivity index (χ1n) is 5.10. The van der Waals surface area contributed by atoms with E-state index in [-0.39, 0.29) is 17.6 Å². The number of hydrogen-bond donors (Lipinski definition) is 2. The van der Waals surface area contributed by atoms with Crippen LogP contribution in [-0.2, 0) is 0 Å². The molecule has 1 rings (SSSR count). The minimum Gasteiger partial charge on any atom is -0.507 e. The Bertz CT molecular complexity index is 370. The van der Waals surface area contributed by atoms with E-state index in [4.69, 9.17) is 0 Å². The van der Waals surface area contributed by atoms with E-state index < -0.39 is 0 Å². The molecule has 0 saturated heterocycles. The van der Waals surface area contributed by atoms with E-state index in [0.29, 0.717) is 10.2 Å². The van der Waals surface area contributed by atoms with Crippen LogP contribution in [0.3, 0.4) is 0 Å². The molecule has 1 aromatic rings. The van der Waals surface area contributed by atoms with E-state index in [9.17, 15) is 10.2 Å². The Morgan fingerprint density at radius 3 is 2.00 bits per heavy atom. The largest absolute Gasteiger partial charge is 0.507 e. The third kappa shape index (κ3) is 2.28. The summed E-state index contributed by atoms with van der Waals surface area (Å²) in [6.45, 7) is 7.96. The van der Waals surface area contributed by atoms with Gasteiger partial charge in [0.1, 0.15) is 11.5 Å². The summed E-state index contributed by atoms with van der Waals surface area (Å²) < 4.78 is 0.597. The number of phenolic OH excluding ortho intramolecular Hbond substituents is 2. The third-order valence-corrected chi connectivity index (χ3v) is 3.31. The maximum atomic E-state index is 10.1. The van der Waals surface area contributed by atoms with Crippen molar-refractivity contribution in [1.82, 2.24) is 0 Å². The van der Waals surface area contributed by atoms with Crippen molar-refractivity contribution in [1.29, 1.82) is 0 Å². The summed E-state index contributed by atoms with van der Waals surface area (Å²) in [6.07, 6.45) is 0. The predicted molar refractivity (Wildman–Crippen MR) is 65.6 cm³/mol. The molecule has 0 radical (unpaired) electrons. The van der Waals surface area contributed by atoms with Crippen LogP contribution < -0.4 is 0 Å². The van der Waals surface area contributed by atoms with E-state index in [0.717, 1.165) is 11.1 Å². The van der Waals surface area contributed by atoms with Gasteiger partial charge >= 0.3 is 0 Å². The first kappa shape index (κ1) is 12.4. The molecule has 0 heterocycles. The normalized spacial score (nSPS) is 11.4. The van der Waals surface area contributed by atoms with Crippen LogP contribution in [0.15, 0.2) is 10.5 Å². The lowest BCUT2D eigenvalue weighted by Gasteiger charge is -2.17. The van der Waals surface area contributed by atoms with Gasteiger partial charge < -0.3 is 10.2 Å². The molecule has 0 atom stereocenters. The minimum atomic E-state index is 0.170. The summed E-state index contributed by atoms with van der Waals surface area (Å²) in [5.41, 5.74) is 1.57. The molecule has 0 aliphatic heterocycles. The SMILES string of the molecule is CC(C)c1cc(O)c(Br)c(C(C)C)c1O. The molecule has 0 spiro atoms. The van der Waals surface area contributed by atoms with Gasteiger partial charge in [0, 0.05) is 11.1 Å². The standard InChI is InChI=1S/C12H17BrO2/c1-6(2)8-5-9(14)11(13)10(7(3)4)12(8)15/h5-7,14-15H,1-4H3. The van der Waals surface area contributed by atoms with Crippen molar-refractivity contribution in [3.63, 3.8) is 0 Å². The van der Waals surface area contributed by atoms with Crippen molar-refractivity contribution >= 4 is 15.9 Å². The molecule has 15 heavy (non-hydrogen) atoms. The fourth-order valence-corrected chi connectivity index (χ4v) is 2.40. The average molecular weight is 273 g/mol. The van der Waals surface area contributed by atoms with Gasteiger partial charge in [-0.3, -0.25) is 0 Å². The molecule has 0 bridgehead atoms. The lowest BCUT2D eigenvalue weighted by Crippen LogP contribution is -1.97. The Labute approximate surface area is 99.1 Å². The van der Waals surface area contributed by atoms with Crippen LogP contribution in [0.5, 0.6) is 11.5 Å². The number of rotatable bonds is 2. The molecular formula is C12H17BrO2. The predicted octanol–water partition coefficient (Wildman–Crippen LogP) is 4.11. The molecular weight excluding hydrogens is 256 g/mol. The highest BCUT2D eigenvalue weighted by atomic mass is 79.9. The van der Waals surface area contributed by atoms with E-state index in [2.05, 4.69) is 15.9 Å². The smallest absolute Gasteiger partial charge is 0.130 e. The topological polar surface area (TPSA) is 40.5 Å². The maximum absolute atomic E-state index is 10.1. The van der Waals surface area contributed by atoms with Gasteiger partial charge in [-0.05, 0) is 33.8 Å². The summed E-state index contributed by atoms with van der Waals surface area (Å²) >= 11 is 3.30. The Kier molecular flexibility index (Phi) is 3.66. The average Bonchev–Trinajstić information content (AvgIpc) is 2.10. The fourth-order valence-electron chi connectivity index (χ4n) is 1.64. The second-order valence-corrected chi connectivity index (χ2v) is 5.16. The van der Waals surface area contributed by atoms with Crippen LogP contribution in [0.2, 0.25) is 0 Å². The van der Waals surface area contributed by atoms with E-state index in [1.54, 1.807) is 6.07 Å². The molecule has 0 aliphatic rings. The third-order valence-electron chi connectivity index (χ3n) is 2.48. The molecule has 0 amide bonds. The highest BCUT2D eigenvalue weighted by molar-refractivity contribution is 9.10. The van der Waals surface area contributed by atoms with Gasteiger partial charge in [0.25, 0.3) is 0 Å². The van der Waals surface area contributed by atoms with Crippen LogP contribution in [0.4, 0.5) is 0 Å². The van der Waals surface area contributed by atoms with Crippen molar-refractivity contribution in [2.45, 2.75) is 39.5 Å². The molecule has 1 aromatic carbocycles. The summed E-state index contributed by atoms with van der Waals surface area (Å²) in [5.74, 6) is 0.857. The van der Waals surface area contributed by atoms with Crippen LogP contribution >= 0.6 is 15.9 Å². The van der Waals surface area contributed by atoms with Gasteiger partial charge in [0.15, 0.2) is 0 Å². The molecule has 0 fully saturated rings. The van der Waals surface area contributed by atoms with Crippen LogP contribution in [0, 0.1) is 0 Å². The summed E-state index contributed by atoms with van der Waals surface area (Å²) in [5, 5.41) is 19.8. The van der Waals surface area contributed by atoms with E-state index in [1.165, 1.54) is 0 Å². The zero-order valence-electron chi connectivity index (χ0n) is 9.50. The highest BCUT2D eigenvalue weighted by Gasteiger charge is 2.19. The van der Waals surface area contributed by atoms with Crippen molar-refractivity contribution in [2.24, 2.45) is 0 Å². The van der Waals surface area contributed by atoms with Crippen molar-refractivity contribution in [3.05, 3.63) is 21.7 Å². The Morgan fingerprint density at radius 2 is 1.60 bits per heavy atom. The van der Waals surface area contributed by atoms with Gasteiger partial charge in [-0.2, -0.15) is 0 Å². The van der Waals surface area contributed by atoms with Gasteiger partial charge in [-0.1, -0.05) is 27.7 Å². The molecule has 84 valence electrons. The monoisotopic (exact) mass is 272 g/mol. The Balaban J connectivity index is 3.49. The zero-order valence-corrected chi connectivity index (χ0v) is 11.1. The van der Waals surface area contributed by atoms with Crippen molar-refractivity contribution in [2.75, 3.05) is 0 Å². The first-order chi connectivity index (χ1) is 6.86. The van der Waals surface area contributed by atoms with Crippen LogP contribution in [0.25, 0.3) is 0 Å². The fraction of sp³-hybridized carbons (Fsp3) is 0.500. The molecule has 0 aliphatic carbocycles. The lowest BCUT2D eigenvalue weighted by molar-refractivity contribution is 0.439. The maximum Gasteiger partial charge on any atom is 0.130 e. The summed E-state index contributed by atoms with van der Waals surface area (Å²) in [7, 11) is 0. The van der Waals surface area contributed by atoms with Crippen molar-refractivity contribution < 1.29 is 10.2 Å². The Morgan fingerprint density at radius 1 is 1.07 bits per heavy atom. The lowest BCUT2D eigenvalue weighted by atomic mass is 9.93. The second-order valence-electron chi connectivity index (χ2n) is 4.37. The van der Waals surface area contributed by atoms with E-state index >= 15 is 0 Å². The van der Waals surface area contributed by atoms with Gasteiger partial charge in [-0.25, -0.2) is 0 Å². The molecule has 3 heteroatoms. The molecule has 2 nitrogen and oxygen atoms in total. The number of halogens is 1. The summed E-state index contributed by atoms with van der Waals surface area (Å²) in [6, 6.07) is 1.62. The molecule has 2 N–H and O–H groups in total. The molecule has 0 saturated carbocycles. The van der Waals surface area contributed by atoms with Crippen LogP contribution in [-0.4, -0.2) is 10.2 Å².